The van der Waals surface area contributed by atoms with Crippen LogP contribution in [0.1, 0.15) is 20.8 Å². The summed E-state index contributed by atoms with van der Waals surface area (Å²) in [4.78, 5) is 24.8. The lowest BCUT2D eigenvalue weighted by atomic mass is 10.2. The number of nitrogens with zero attached hydrogens (tertiary/aromatic N) is 2. The number of anilines is 2. The Kier molecular flexibility index (Phi) is 6.02. The van der Waals surface area contributed by atoms with Gasteiger partial charge in [0.05, 0.1) is 10.6 Å². The van der Waals surface area contributed by atoms with Gasteiger partial charge in [0.15, 0.2) is 4.34 Å². The summed E-state index contributed by atoms with van der Waals surface area (Å²) in [7, 11) is 0. The predicted octanol–water partition coefficient (Wildman–Crippen LogP) is 4.20. The van der Waals surface area contributed by atoms with E-state index in [2.05, 4.69) is 20.8 Å². The van der Waals surface area contributed by atoms with E-state index in [0.29, 0.717) is 14.3 Å². The predicted molar refractivity (Wildman–Crippen MR) is 107 cm³/mol. The highest BCUT2D eigenvalue weighted by Crippen LogP contribution is 2.26. The maximum atomic E-state index is 12.1. The number of carbonyl (C=O) groups is 2. The maximum absolute atomic E-state index is 12.1. The minimum Gasteiger partial charge on any atom is -0.325 e. The number of hydrogen-bond donors (Lipinski definition) is 2. The van der Waals surface area contributed by atoms with Crippen LogP contribution in [-0.4, -0.2) is 27.8 Å². The van der Waals surface area contributed by atoms with Gasteiger partial charge in [0.2, 0.25) is 11.0 Å². The molecule has 0 aliphatic heterocycles. The van der Waals surface area contributed by atoms with E-state index in [1.165, 1.54) is 34.4 Å². The van der Waals surface area contributed by atoms with Gasteiger partial charge in [-0.05, 0) is 42.5 Å². The lowest BCUT2D eigenvalue weighted by Gasteiger charge is -2.06. The van der Waals surface area contributed by atoms with Gasteiger partial charge < -0.3 is 5.32 Å². The maximum Gasteiger partial charge on any atom is 0.267 e. The zero-order valence-electron chi connectivity index (χ0n) is 14.1. The summed E-state index contributed by atoms with van der Waals surface area (Å²) in [5.41, 5.74) is 2.86. The summed E-state index contributed by atoms with van der Waals surface area (Å²) < 4.78 is 0.627. The fraction of sp³-hybridized carbons (Fsp3) is 0.176. The molecule has 0 aliphatic carbocycles. The molecule has 0 radical (unpaired) electrons. The SMILES string of the molecule is Cc1csc(C(=O)Nc2nnc(SCC(=O)Nc3ccccc3C)s2)c1. The van der Waals surface area contributed by atoms with Crippen LogP contribution in [0.4, 0.5) is 10.8 Å². The zero-order chi connectivity index (χ0) is 18.5. The van der Waals surface area contributed by atoms with Crippen molar-refractivity contribution < 1.29 is 9.59 Å². The van der Waals surface area contributed by atoms with Gasteiger partial charge in [0, 0.05) is 5.69 Å². The average Bonchev–Trinajstić information content (AvgIpc) is 3.24. The van der Waals surface area contributed by atoms with Crippen LogP contribution in [0.5, 0.6) is 0 Å². The first-order chi connectivity index (χ1) is 12.5. The number of amides is 2. The van der Waals surface area contributed by atoms with Crippen molar-refractivity contribution >= 4 is 57.1 Å². The first-order valence-corrected chi connectivity index (χ1v) is 10.4. The van der Waals surface area contributed by atoms with E-state index in [1.807, 2.05) is 49.6 Å². The Labute approximate surface area is 163 Å². The fourth-order valence-electron chi connectivity index (χ4n) is 2.05. The third kappa shape index (κ3) is 4.90. The first-order valence-electron chi connectivity index (χ1n) is 7.69. The highest BCUT2D eigenvalue weighted by atomic mass is 32.2. The van der Waals surface area contributed by atoms with Crippen molar-refractivity contribution in [2.45, 2.75) is 18.2 Å². The van der Waals surface area contributed by atoms with Crippen molar-refractivity contribution in [3.05, 3.63) is 51.7 Å². The quantitative estimate of drug-likeness (QED) is 0.475. The summed E-state index contributed by atoms with van der Waals surface area (Å²) in [5, 5.41) is 15.9. The molecule has 3 aromatic rings. The highest BCUT2D eigenvalue weighted by Gasteiger charge is 2.13. The lowest BCUT2D eigenvalue weighted by Crippen LogP contribution is -2.14. The summed E-state index contributed by atoms with van der Waals surface area (Å²) >= 11 is 3.92. The Morgan fingerprint density at radius 3 is 2.69 bits per heavy atom. The van der Waals surface area contributed by atoms with E-state index in [9.17, 15) is 9.59 Å². The fourth-order valence-corrected chi connectivity index (χ4v) is 4.39. The van der Waals surface area contributed by atoms with E-state index in [-0.39, 0.29) is 17.6 Å². The second kappa shape index (κ2) is 8.43. The highest BCUT2D eigenvalue weighted by molar-refractivity contribution is 8.01. The molecule has 2 N–H and O–H groups in total. The van der Waals surface area contributed by atoms with Gasteiger partial charge in [-0.25, -0.2) is 0 Å². The Morgan fingerprint density at radius 1 is 1.15 bits per heavy atom. The molecule has 26 heavy (non-hydrogen) atoms. The number of rotatable bonds is 6. The number of benzene rings is 1. The van der Waals surface area contributed by atoms with E-state index in [0.717, 1.165) is 16.8 Å². The molecule has 0 spiro atoms. The van der Waals surface area contributed by atoms with Gasteiger partial charge >= 0.3 is 0 Å². The van der Waals surface area contributed by atoms with Crippen LogP contribution < -0.4 is 10.6 Å². The number of thiophene rings is 1. The molecule has 2 amide bonds. The average molecular weight is 405 g/mol. The van der Waals surface area contributed by atoms with Crippen molar-refractivity contribution in [2.24, 2.45) is 0 Å². The number of thioether (sulfide) groups is 1. The van der Waals surface area contributed by atoms with Gasteiger partial charge in [0.25, 0.3) is 5.91 Å². The van der Waals surface area contributed by atoms with Crippen LogP contribution in [0.2, 0.25) is 0 Å². The molecule has 0 fully saturated rings. The van der Waals surface area contributed by atoms with Gasteiger partial charge in [-0.2, -0.15) is 0 Å². The molecule has 0 bridgehead atoms. The van der Waals surface area contributed by atoms with E-state index in [1.54, 1.807) is 0 Å². The Morgan fingerprint density at radius 2 is 1.96 bits per heavy atom. The number of para-hydroxylation sites is 1. The molecule has 9 heteroatoms. The standard InChI is InChI=1S/C17H16N4O2S3/c1-10-7-13(24-8-10)15(23)19-16-20-21-17(26-16)25-9-14(22)18-12-6-4-3-5-11(12)2/h3-8H,9H2,1-2H3,(H,18,22)(H,19,20,23). The molecular formula is C17H16N4O2S3. The number of hydrogen-bond acceptors (Lipinski definition) is 7. The van der Waals surface area contributed by atoms with E-state index >= 15 is 0 Å². The molecule has 6 nitrogen and oxygen atoms in total. The van der Waals surface area contributed by atoms with E-state index in [4.69, 9.17) is 0 Å². The van der Waals surface area contributed by atoms with Gasteiger partial charge in [-0.1, -0.05) is 41.3 Å². The molecule has 0 atom stereocenters. The smallest absolute Gasteiger partial charge is 0.267 e. The largest absolute Gasteiger partial charge is 0.325 e. The zero-order valence-corrected chi connectivity index (χ0v) is 16.6. The lowest BCUT2D eigenvalue weighted by molar-refractivity contribution is -0.113. The second-order valence-electron chi connectivity index (χ2n) is 5.47. The number of aryl methyl sites for hydroxylation is 2. The third-order valence-corrected chi connectivity index (χ3v) is 6.35. The molecule has 1 aromatic carbocycles. The van der Waals surface area contributed by atoms with Crippen LogP contribution in [0.25, 0.3) is 0 Å². The van der Waals surface area contributed by atoms with Crippen LogP contribution in [-0.2, 0) is 4.79 Å². The summed E-state index contributed by atoms with van der Waals surface area (Å²) in [5.74, 6) is -0.0895. The molecule has 0 saturated heterocycles. The topological polar surface area (TPSA) is 84.0 Å². The van der Waals surface area contributed by atoms with Crippen LogP contribution in [0, 0.1) is 13.8 Å². The molecule has 0 saturated carbocycles. The van der Waals surface area contributed by atoms with Gasteiger partial charge in [0.1, 0.15) is 0 Å². The number of carbonyl (C=O) groups excluding carboxylic acids is 2. The minimum atomic E-state index is -0.201. The molecule has 3 rings (SSSR count). The van der Waals surface area contributed by atoms with Crippen molar-refractivity contribution in [3.63, 3.8) is 0 Å². The second-order valence-corrected chi connectivity index (χ2v) is 8.58. The Bertz CT molecular complexity index is 935. The molecule has 0 unspecified atom stereocenters. The number of nitrogens with one attached hydrogen (secondary N) is 2. The van der Waals surface area contributed by atoms with E-state index < -0.39 is 0 Å². The minimum absolute atomic E-state index is 0.112. The molecule has 0 aliphatic rings. The Hall–Kier alpha value is -2.23. The first kappa shape index (κ1) is 18.6. The normalized spacial score (nSPS) is 10.5. The summed E-state index contributed by atoms with van der Waals surface area (Å²) in [6.07, 6.45) is 0. The van der Waals surface area contributed by atoms with Gasteiger partial charge in [-0.3, -0.25) is 14.9 Å². The van der Waals surface area contributed by atoms with Gasteiger partial charge in [-0.15, -0.1) is 21.5 Å². The third-order valence-electron chi connectivity index (χ3n) is 3.33. The van der Waals surface area contributed by atoms with Crippen LogP contribution >= 0.6 is 34.4 Å². The van der Waals surface area contributed by atoms with Crippen molar-refractivity contribution in [1.82, 2.24) is 10.2 Å². The summed E-state index contributed by atoms with van der Waals surface area (Å²) in [6, 6.07) is 9.44. The monoisotopic (exact) mass is 404 g/mol. The Balaban J connectivity index is 1.51. The van der Waals surface area contributed by atoms with Crippen LogP contribution in [0.3, 0.4) is 0 Å². The number of aromatic nitrogens is 2. The van der Waals surface area contributed by atoms with Crippen molar-refractivity contribution in [3.8, 4) is 0 Å². The molecule has 2 heterocycles. The van der Waals surface area contributed by atoms with Crippen molar-refractivity contribution in [1.29, 1.82) is 0 Å². The summed E-state index contributed by atoms with van der Waals surface area (Å²) in [6.45, 7) is 3.88. The molecular weight excluding hydrogens is 388 g/mol. The van der Waals surface area contributed by atoms with Crippen molar-refractivity contribution in [2.75, 3.05) is 16.4 Å². The molecule has 2 aromatic heterocycles. The molecule has 134 valence electrons. The van der Waals surface area contributed by atoms with Crippen LogP contribution in [0.15, 0.2) is 40.1 Å².